The number of halogens is 1. The van der Waals surface area contributed by atoms with Gasteiger partial charge in [-0.25, -0.2) is 9.48 Å². The Kier molecular flexibility index (Phi) is 2.94. The maximum Gasteiger partial charge on any atom is 0.358 e. The van der Waals surface area contributed by atoms with Crippen molar-refractivity contribution >= 4 is 23.3 Å². The van der Waals surface area contributed by atoms with Gasteiger partial charge in [0, 0.05) is 12.1 Å². The lowest BCUT2D eigenvalue weighted by atomic mass is 10.3. The maximum absolute atomic E-state index is 10.6. The minimum atomic E-state index is -1.25. The number of rotatable bonds is 3. The fourth-order valence-electron chi connectivity index (χ4n) is 1.27. The van der Waals surface area contributed by atoms with Crippen LogP contribution in [0.4, 0.5) is 5.69 Å². The molecule has 1 aromatic heterocycles. The number of nitrogens with zero attached hydrogens (tertiary/aromatic N) is 4. The van der Waals surface area contributed by atoms with E-state index in [1.54, 1.807) is 0 Å². The fraction of sp³-hybridized carbons (Fsp3) is 0. The Balaban J connectivity index is 2.51. The summed E-state index contributed by atoms with van der Waals surface area (Å²) in [6, 6.07) is 3.75. The molecule has 0 saturated heterocycles. The van der Waals surface area contributed by atoms with Crippen LogP contribution < -0.4 is 0 Å². The highest BCUT2D eigenvalue weighted by Crippen LogP contribution is 2.24. The van der Waals surface area contributed by atoms with E-state index in [0.29, 0.717) is 0 Å². The number of aromatic nitrogens is 3. The third-order valence-corrected chi connectivity index (χ3v) is 2.42. The van der Waals surface area contributed by atoms with E-state index in [0.717, 1.165) is 10.9 Å². The number of carboxylic acid groups (broad SMARTS) is 1. The van der Waals surface area contributed by atoms with Gasteiger partial charge < -0.3 is 5.11 Å². The van der Waals surface area contributed by atoms with E-state index >= 15 is 0 Å². The third-order valence-electron chi connectivity index (χ3n) is 2.10. The molecule has 0 radical (unpaired) electrons. The Morgan fingerprint density at radius 1 is 1.50 bits per heavy atom. The summed E-state index contributed by atoms with van der Waals surface area (Å²) in [5.41, 5.74) is -0.273. The van der Waals surface area contributed by atoms with Crippen LogP contribution in [0.25, 0.3) is 5.69 Å². The molecule has 0 bridgehead atoms. The van der Waals surface area contributed by atoms with E-state index < -0.39 is 10.9 Å². The largest absolute Gasteiger partial charge is 0.476 e. The number of aromatic carboxylic acids is 1. The first-order valence-corrected chi connectivity index (χ1v) is 4.97. The molecular formula is C9H5ClN4O4. The van der Waals surface area contributed by atoms with Crippen molar-refractivity contribution in [2.75, 3.05) is 0 Å². The van der Waals surface area contributed by atoms with E-state index in [9.17, 15) is 14.9 Å². The molecule has 92 valence electrons. The summed E-state index contributed by atoms with van der Waals surface area (Å²) in [5, 5.41) is 26.5. The van der Waals surface area contributed by atoms with Gasteiger partial charge in [-0.1, -0.05) is 16.8 Å². The van der Waals surface area contributed by atoms with Crippen LogP contribution in [0.2, 0.25) is 5.02 Å². The van der Waals surface area contributed by atoms with Crippen molar-refractivity contribution in [3.8, 4) is 5.69 Å². The van der Waals surface area contributed by atoms with Crippen molar-refractivity contribution in [2.45, 2.75) is 0 Å². The van der Waals surface area contributed by atoms with Gasteiger partial charge in [0.05, 0.1) is 21.8 Å². The molecule has 0 spiro atoms. The zero-order chi connectivity index (χ0) is 13.3. The third kappa shape index (κ3) is 2.13. The van der Waals surface area contributed by atoms with E-state index in [4.69, 9.17) is 16.7 Å². The molecule has 2 rings (SSSR count). The van der Waals surface area contributed by atoms with E-state index in [1.807, 2.05) is 0 Å². The normalized spacial score (nSPS) is 10.3. The number of benzene rings is 1. The van der Waals surface area contributed by atoms with E-state index in [-0.39, 0.29) is 22.1 Å². The number of non-ortho nitro benzene ring substituents is 1. The molecule has 0 unspecified atom stereocenters. The first-order valence-electron chi connectivity index (χ1n) is 4.59. The molecule has 0 fully saturated rings. The number of nitro benzene ring substituents is 1. The van der Waals surface area contributed by atoms with Crippen LogP contribution >= 0.6 is 11.6 Å². The summed E-state index contributed by atoms with van der Waals surface area (Å²) in [6.45, 7) is 0. The topological polar surface area (TPSA) is 111 Å². The van der Waals surface area contributed by atoms with Crippen molar-refractivity contribution in [2.24, 2.45) is 0 Å². The number of carboxylic acids is 1. The van der Waals surface area contributed by atoms with Crippen LogP contribution in [0.5, 0.6) is 0 Å². The minimum Gasteiger partial charge on any atom is -0.476 e. The Morgan fingerprint density at radius 2 is 2.22 bits per heavy atom. The highest BCUT2D eigenvalue weighted by atomic mass is 35.5. The van der Waals surface area contributed by atoms with E-state index in [2.05, 4.69) is 10.3 Å². The van der Waals surface area contributed by atoms with Crippen molar-refractivity contribution in [3.63, 3.8) is 0 Å². The van der Waals surface area contributed by atoms with E-state index in [1.165, 1.54) is 18.2 Å². The summed E-state index contributed by atoms with van der Waals surface area (Å²) in [5.74, 6) is -1.25. The number of hydrogen-bond donors (Lipinski definition) is 1. The Labute approximate surface area is 105 Å². The molecule has 8 nitrogen and oxygen atoms in total. The smallest absolute Gasteiger partial charge is 0.358 e. The zero-order valence-electron chi connectivity index (χ0n) is 8.65. The van der Waals surface area contributed by atoms with Gasteiger partial charge in [-0.2, -0.15) is 0 Å². The van der Waals surface area contributed by atoms with Crippen LogP contribution in [0.3, 0.4) is 0 Å². The second kappa shape index (κ2) is 4.41. The molecule has 1 N–H and O–H groups in total. The van der Waals surface area contributed by atoms with Crippen LogP contribution in [-0.4, -0.2) is 31.0 Å². The molecule has 0 aliphatic rings. The molecule has 1 aromatic carbocycles. The fourth-order valence-corrected chi connectivity index (χ4v) is 1.47. The summed E-state index contributed by atoms with van der Waals surface area (Å²) >= 11 is 5.87. The van der Waals surface area contributed by atoms with Crippen LogP contribution in [0, 0.1) is 10.1 Å². The molecule has 18 heavy (non-hydrogen) atoms. The Morgan fingerprint density at radius 3 is 2.78 bits per heavy atom. The molecule has 9 heteroatoms. The Bertz CT molecular complexity index is 639. The predicted molar refractivity (Wildman–Crippen MR) is 60.0 cm³/mol. The van der Waals surface area contributed by atoms with Gasteiger partial charge in [0.15, 0.2) is 5.69 Å². The second-order valence-corrected chi connectivity index (χ2v) is 3.65. The highest BCUT2D eigenvalue weighted by Gasteiger charge is 2.14. The molecular weight excluding hydrogens is 264 g/mol. The van der Waals surface area contributed by atoms with Gasteiger partial charge in [0.2, 0.25) is 0 Å². The first kappa shape index (κ1) is 12.0. The van der Waals surface area contributed by atoms with Gasteiger partial charge in [-0.15, -0.1) is 5.10 Å². The lowest BCUT2D eigenvalue weighted by molar-refractivity contribution is -0.384. The molecule has 0 aliphatic heterocycles. The quantitative estimate of drug-likeness (QED) is 0.667. The van der Waals surface area contributed by atoms with Gasteiger partial charge >= 0.3 is 5.97 Å². The van der Waals surface area contributed by atoms with Crippen molar-refractivity contribution in [3.05, 3.63) is 45.2 Å². The average Bonchev–Trinajstić information content (AvgIpc) is 2.78. The number of carbonyl (C=O) groups is 1. The lowest BCUT2D eigenvalue weighted by Crippen LogP contribution is -1.98. The van der Waals surface area contributed by atoms with Gasteiger partial charge in [0.25, 0.3) is 5.69 Å². The minimum absolute atomic E-state index is 0.179. The predicted octanol–water partition coefficient (Wildman–Crippen LogP) is 1.53. The van der Waals surface area contributed by atoms with Gasteiger partial charge in [-0.3, -0.25) is 10.1 Å². The molecule has 0 amide bonds. The van der Waals surface area contributed by atoms with Gasteiger partial charge in [-0.05, 0) is 6.07 Å². The SMILES string of the molecule is O=C(O)c1cn(-c2cc([N+](=O)[O-])ccc2Cl)nn1. The standard InChI is InChI=1S/C9H5ClN4O4/c10-6-2-1-5(14(17)18)3-8(6)13-4-7(9(15)16)11-12-13/h1-4H,(H,15,16). The molecule has 0 saturated carbocycles. The number of hydrogen-bond acceptors (Lipinski definition) is 5. The first-order chi connectivity index (χ1) is 8.49. The van der Waals surface area contributed by atoms with Crippen molar-refractivity contribution < 1.29 is 14.8 Å². The second-order valence-electron chi connectivity index (χ2n) is 3.25. The van der Waals surface area contributed by atoms with Crippen LogP contribution in [0.15, 0.2) is 24.4 Å². The molecule has 0 aliphatic carbocycles. The summed E-state index contributed by atoms with van der Waals surface area (Å²) in [4.78, 5) is 20.7. The van der Waals surface area contributed by atoms with Crippen molar-refractivity contribution in [1.82, 2.24) is 15.0 Å². The zero-order valence-corrected chi connectivity index (χ0v) is 9.40. The molecule has 0 atom stereocenters. The summed E-state index contributed by atoms with van der Waals surface area (Å²) in [7, 11) is 0. The summed E-state index contributed by atoms with van der Waals surface area (Å²) < 4.78 is 1.07. The van der Waals surface area contributed by atoms with Crippen molar-refractivity contribution in [1.29, 1.82) is 0 Å². The lowest BCUT2D eigenvalue weighted by Gasteiger charge is -2.02. The highest BCUT2D eigenvalue weighted by molar-refractivity contribution is 6.32. The Hall–Kier alpha value is -2.48. The molecule has 2 aromatic rings. The number of nitro groups is 1. The maximum atomic E-state index is 10.6. The summed E-state index contributed by atoms with van der Waals surface area (Å²) in [6.07, 6.45) is 1.12. The van der Waals surface area contributed by atoms with Crippen LogP contribution in [0.1, 0.15) is 10.5 Å². The average molecular weight is 269 g/mol. The van der Waals surface area contributed by atoms with Gasteiger partial charge in [0.1, 0.15) is 0 Å². The monoisotopic (exact) mass is 268 g/mol. The molecule has 1 heterocycles. The van der Waals surface area contributed by atoms with Crippen LogP contribution in [-0.2, 0) is 0 Å².